The van der Waals surface area contributed by atoms with Crippen LogP contribution >= 0.6 is 0 Å². The number of rotatable bonds is 11. The Morgan fingerprint density at radius 3 is 2.27 bits per heavy atom. The van der Waals surface area contributed by atoms with E-state index in [1.54, 1.807) is 44.2 Å². The highest BCUT2D eigenvalue weighted by atomic mass is 16.5. The predicted molar refractivity (Wildman–Crippen MR) is 227 cm³/mol. The number of carbonyl (C=O) groups is 5. The third kappa shape index (κ3) is 10.1. The number of hydrogen-bond donors (Lipinski definition) is 7. The molecule has 318 valence electrons. The van der Waals surface area contributed by atoms with E-state index >= 15 is 0 Å². The molecule has 4 atom stereocenters. The van der Waals surface area contributed by atoms with Crippen LogP contribution in [0.25, 0.3) is 22.4 Å². The molecule has 1 aliphatic heterocycles. The topological polar surface area (TPSA) is 239 Å². The highest BCUT2D eigenvalue weighted by molar-refractivity contribution is 6.01. The molecule has 15 heteroatoms. The standard InChI is InChI=1S/C45H55N7O8/c1-24-20-34(28-9-12-30(13-10-28)45(4,5)6)48-25(2)38(24)41(55)50-33(16-17-46)43(57)52(7)39-29-11-15-37(60-19-18-47)32(23-29)31-21-27(8-14-36(31)53)22-35(44(58)59)51-40(54)26(3)49-42(39)56/h8-15,20-21,23,26,33,35,39,53H,16-19,22,46-47H2,1-7H3,(H,49,56)(H,50,55)(H,51,54)(H,58,59)/t26-,33?,35-,39-/m0/s1. The van der Waals surface area contributed by atoms with Gasteiger partial charge < -0.3 is 47.3 Å². The van der Waals surface area contributed by atoms with Gasteiger partial charge in [-0.2, -0.15) is 0 Å². The number of aromatic hydroxyl groups is 1. The molecule has 0 fully saturated rings. The van der Waals surface area contributed by atoms with Crippen LogP contribution in [0.1, 0.15) is 78.5 Å². The van der Waals surface area contributed by atoms with Gasteiger partial charge in [0.1, 0.15) is 42.3 Å². The smallest absolute Gasteiger partial charge is 0.326 e. The van der Waals surface area contributed by atoms with E-state index in [1.165, 1.54) is 25.6 Å². The number of phenolic OH excluding ortho intramolecular Hbond substituents is 1. The summed E-state index contributed by atoms with van der Waals surface area (Å²) in [4.78, 5) is 74.3. The number of carbonyl (C=O) groups excluding carboxylic acids is 4. The van der Waals surface area contributed by atoms with Crippen molar-refractivity contribution in [2.24, 2.45) is 11.5 Å². The molecule has 60 heavy (non-hydrogen) atoms. The average molecular weight is 822 g/mol. The molecule has 15 nitrogen and oxygen atoms in total. The number of pyridine rings is 1. The lowest BCUT2D eigenvalue weighted by Crippen LogP contribution is -2.55. The van der Waals surface area contributed by atoms with Gasteiger partial charge in [0.15, 0.2) is 0 Å². The number of nitrogens with zero attached hydrogens (tertiary/aromatic N) is 2. The van der Waals surface area contributed by atoms with Crippen molar-refractivity contribution in [2.45, 2.75) is 84.0 Å². The first-order valence-electron chi connectivity index (χ1n) is 19.8. The fraction of sp³-hybridized carbons (Fsp3) is 0.378. The van der Waals surface area contributed by atoms with Gasteiger partial charge in [0.25, 0.3) is 5.91 Å². The zero-order valence-electron chi connectivity index (χ0n) is 35.1. The second kappa shape index (κ2) is 18.7. The molecule has 0 radical (unpaired) electrons. The molecule has 0 spiro atoms. The van der Waals surface area contributed by atoms with Gasteiger partial charge in [0.2, 0.25) is 17.7 Å². The number of amides is 4. The van der Waals surface area contributed by atoms with Crippen LogP contribution in [0.3, 0.4) is 0 Å². The molecular formula is C45H55N7O8. The molecule has 0 saturated heterocycles. The van der Waals surface area contributed by atoms with Crippen LogP contribution in [0.15, 0.2) is 66.7 Å². The van der Waals surface area contributed by atoms with Crippen molar-refractivity contribution in [2.75, 3.05) is 26.7 Å². The van der Waals surface area contributed by atoms with Gasteiger partial charge in [-0.3, -0.25) is 24.2 Å². The third-order valence-electron chi connectivity index (χ3n) is 10.6. The zero-order valence-corrected chi connectivity index (χ0v) is 35.1. The largest absolute Gasteiger partial charge is 0.507 e. The van der Waals surface area contributed by atoms with Crippen LogP contribution in [0.4, 0.5) is 0 Å². The van der Waals surface area contributed by atoms with Crippen LogP contribution in [-0.4, -0.2) is 94.6 Å². The van der Waals surface area contributed by atoms with Crippen molar-refractivity contribution in [3.05, 3.63) is 100 Å². The van der Waals surface area contributed by atoms with Crippen LogP contribution in [-0.2, 0) is 31.0 Å². The minimum absolute atomic E-state index is 0.00992. The second-order valence-electron chi connectivity index (χ2n) is 16.1. The van der Waals surface area contributed by atoms with Crippen molar-refractivity contribution in [3.8, 4) is 33.9 Å². The molecule has 4 amide bonds. The molecular weight excluding hydrogens is 767 g/mol. The summed E-state index contributed by atoms with van der Waals surface area (Å²) in [5, 5.41) is 29.0. The van der Waals surface area contributed by atoms with Crippen molar-refractivity contribution in [3.63, 3.8) is 0 Å². The predicted octanol–water partition coefficient (Wildman–Crippen LogP) is 3.65. The van der Waals surface area contributed by atoms with E-state index in [0.717, 1.165) is 10.5 Å². The molecule has 9 N–H and O–H groups in total. The number of phenols is 1. The Kier molecular flexibility index (Phi) is 14.0. The molecule has 1 aromatic heterocycles. The Morgan fingerprint density at radius 1 is 0.950 bits per heavy atom. The molecule has 0 aliphatic carbocycles. The Bertz CT molecular complexity index is 2250. The summed E-state index contributed by atoms with van der Waals surface area (Å²) in [6, 6.07) is 14.0. The van der Waals surface area contributed by atoms with Crippen LogP contribution in [0.2, 0.25) is 0 Å². The number of carboxylic acids is 1. The quantitative estimate of drug-likeness (QED) is 0.115. The number of hydrogen-bond acceptors (Lipinski definition) is 10. The van der Waals surface area contributed by atoms with E-state index in [2.05, 4.69) is 48.9 Å². The Balaban J connectivity index is 1.53. The first-order valence-corrected chi connectivity index (χ1v) is 19.8. The van der Waals surface area contributed by atoms with Crippen molar-refractivity contribution >= 4 is 29.6 Å². The first kappa shape index (κ1) is 44.8. The summed E-state index contributed by atoms with van der Waals surface area (Å²) in [5.41, 5.74) is 17.2. The van der Waals surface area contributed by atoms with E-state index in [0.29, 0.717) is 33.8 Å². The maximum atomic E-state index is 14.5. The molecule has 5 rings (SSSR count). The van der Waals surface area contributed by atoms with Gasteiger partial charge in [-0.25, -0.2) is 4.79 Å². The Hall–Kier alpha value is -6.32. The van der Waals surface area contributed by atoms with Gasteiger partial charge in [-0.05, 0) is 91.7 Å². The summed E-state index contributed by atoms with van der Waals surface area (Å²) in [6.45, 7) is 11.6. The minimum atomic E-state index is -1.41. The maximum absolute atomic E-state index is 14.5. The van der Waals surface area contributed by atoms with Crippen LogP contribution < -0.4 is 32.2 Å². The number of aryl methyl sites for hydroxylation is 2. The number of nitrogens with one attached hydrogen (secondary N) is 3. The number of benzene rings is 3. The molecule has 0 saturated carbocycles. The van der Waals surface area contributed by atoms with E-state index in [9.17, 15) is 34.2 Å². The lowest BCUT2D eigenvalue weighted by atomic mass is 9.86. The van der Waals surface area contributed by atoms with Crippen LogP contribution in [0.5, 0.6) is 11.5 Å². The van der Waals surface area contributed by atoms with Gasteiger partial charge in [-0.15, -0.1) is 0 Å². The summed E-state index contributed by atoms with van der Waals surface area (Å²) in [6.07, 6.45) is -0.118. The number of fused-ring (bicyclic) bond motifs is 5. The van der Waals surface area contributed by atoms with Crippen molar-refractivity contribution < 1.29 is 38.9 Å². The minimum Gasteiger partial charge on any atom is -0.507 e. The molecule has 2 heterocycles. The summed E-state index contributed by atoms with van der Waals surface area (Å²) < 4.78 is 5.94. The number of likely N-dealkylation sites (N-methyl/N-ethyl adjacent to an activating group) is 1. The third-order valence-corrected chi connectivity index (χ3v) is 10.6. The van der Waals surface area contributed by atoms with E-state index in [-0.39, 0.29) is 60.4 Å². The number of aromatic nitrogens is 1. The second-order valence-corrected chi connectivity index (χ2v) is 16.1. The summed E-state index contributed by atoms with van der Waals surface area (Å²) >= 11 is 0. The number of nitrogens with two attached hydrogens (primary N) is 2. The first-order chi connectivity index (χ1) is 28.3. The number of aliphatic carboxylic acids is 1. The average Bonchev–Trinajstić information content (AvgIpc) is 3.19. The van der Waals surface area contributed by atoms with Gasteiger partial charge >= 0.3 is 5.97 Å². The van der Waals surface area contributed by atoms with E-state index < -0.39 is 53.8 Å². The van der Waals surface area contributed by atoms with Gasteiger partial charge in [0.05, 0.1) is 17.0 Å². The maximum Gasteiger partial charge on any atom is 0.326 e. The Morgan fingerprint density at radius 2 is 1.65 bits per heavy atom. The summed E-state index contributed by atoms with van der Waals surface area (Å²) in [5.74, 6) is -3.95. The highest BCUT2D eigenvalue weighted by Gasteiger charge is 2.36. The molecule has 4 bridgehead atoms. The fourth-order valence-electron chi connectivity index (χ4n) is 7.28. The molecule has 4 aromatic rings. The monoisotopic (exact) mass is 821 g/mol. The number of ether oxygens (including phenoxy) is 1. The fourth-order valence-corrected chi connectivity index (χ4v) is 7.28. The van der Waals surface area contributed by atoms with Gasteiger partial charge in [-0.1, -0.05) is 57.2 Å². The Labute approximate surface area is 349 Å². The highest BCUT2D eigenvalue weighted by Crippen LogP contribution is 2.39. The lowest BCUT2D eigenvalue weighted by Gasteiger charge is -2.32. The van der Waals surface area contributed by atoms with Crippen molar-refractivity contribution in [1.29, 1.82) is 0 Å². The lowest BCUT2D eigenvalue weighted by molar-refractivity contribution is -0.143. The molecule has 1 aliphatic rings. The zero-order chi connectivity index (χ0) is 44.1. The SMILES string of the molecule is Cc1cc(-c2ccc(C(C)(C)C)cc2)nc(C)c1C(=O)NC(CCN)C(=O)N(C)[C@@H]1C(=O)N[C@@H](C)C(=O)N[C@H](C(=O)O)Cc2ccc(O)c(c2)-c2cc1ccc2OCCN. The number of carboxylic acid groups (broad SMARTS) is 1. The van der Waals surface area contributed by atoms with E-state index in [4.69, 9.17) is 21.2 Å². The summed E-state index contributed by atoms with van der Waals surface area (Å²) in [7, 11) is 1.39. The normalized spacial score (nSPS) is 17.4. The van der Waals surface area contributed by atoms with Gasteiger partial charge in [0, 0.05) is 36.7 Å². The van der Waals surface area contributed by atoms with E-state index in [1.807, 2.05) is 18.2 Å². The van der Waals surface area contributed by atoms with Crippen LogP contribution in [0, 0.1) is 13.8 Å². The molecule has 3 aromatic carbocycles. The molecule has 1 unspecified atom stereocenters. The van der Waals surface area contributed by atoms with Crippen molar-refractivity contribution in [1.82, 2.24) is 25.8 Å².